The molecule has 0 radical (unpaired) electrons. The Bertz CT molecular complexity index is 566. The van der Waals surface area contributed by atoms with Crippen LogP contribution in [0.25, 0.3) is 11.3 Å². The number of oxazole rings is 1. The molecule has 0 atom stereocenters. The molecule has 0 bridgehead atoms. The van der Waals surface area contributed by atoms with E-state index in [9.17, 15) is 13.2 Å². The van der Waals surface area contributed by atoms with Crippen LogP contribution in [-0.2, 0) is 12.7 Å². The van der Waals surface area contributed by atoms with Crippen LogP contribution in [0.1, 0.15) is 11.3 Å². The molecule has 0 spiro atoms. The van der Waals surface area contributed by atoms with Gasteiger partial charge in [0.1, 0.15) is 5.69 Å². The highest BCUT2D eigenvalue weighted by Crippen LogP contribution is 2.39. The molecule has 0 amide bonds. The Morgan fingerprint density at radius 2 is 2.06 bits per heavy atom. The minimum Gasteiger partial charge on any atom is -0.443 e. The maximum Gasteiger partial charge on any atom is 0.417 e. The van der Waals surface area contributed by atoms with Gasteiger partial charge in [0.15, 0.2) is 12.2 Å². The molecule has 0 saturated heterocycles. The third-order valence-electron chi connectivity index (χ3n) is 2.37. The molecule has 96 valence electrons. The van der Waals surface area contributed by atoms with E-state index in [1.165, 1.54) is 12.1 Å². The molecule has 1 aromatic carbocycles. The summed E-state index contributed by atoms with van der Waals surface area (Å²) in [6.45, 7) is 0.0131. The molecule has 0 saturated carbocycles. The monoisotopic (exact) mass is 320 g/mol. The van der Waals surface area contributed by atoms with Crippen molar-refractivity contribution in [2.24, 2.45) is 5.73 Å². The number of rotatable bonds is 2. The van der Waals surface area contributed by atoms with Gasteiger partial charge in [0.05, 0.1) is 5.56 Å². The zero-order chi connectivity index (χ0) is 13.3. The third kappa shape index (κ3) is 2.41. The zero-order valence-electron chi connectivity index (χ0n) is 8.96. The van der Waals surface area contributed by atoms with E-state index in [2.05, 4.69) is 20.9 Å². The van der Waals surface area contributed by atoms with E-state index in [1.807, 2.05) is 0 Å². The Balaban J connectivity index is 2.65. The molecule has 0 aliphatic rings. The molecule has 1 heterocycles. The van der Waals surface area contributed by atoms with Gasteiger partial charge in [-0.15, -0.1) is 0 Å². The lowest BCUT2D eigenvalue weighted by Gasteiger charge is -2.12. The van der Waals surface area contributed by atoms with Gasteiger partial charge in [-0.1, -0.05) is 15.9 Å². The van der Waals surface area contributed by atoms with Crippen LogP contribution >= 0.6 is 15.9 Å². The van der Waals surface area contributed by atoms with Crippen LogP contribution in [0.3, 0.4) is 0 Å². The Morgan fingerprint density at radius 3 is 2.67 bits per heavy atom. The van der Waals surface area contributed by atoms with Gasteiger partial charge in [-0.05, 0) is 18.2 Å². The first-order valence-corrected chi connectivity index (χ1v) is 5.72. The van der Waals surface area contributed by atoms with E-state index in [0.29, 0.717) is 10.2 Å². The Morgan fingerprint density at radius 1 is 1.33 bits per heavy atom. The summed E-state index contributed by atoms with van der Waals surface area (Å²) >= 11 is 3.02. The molecule has 0 aliphatic carbocycles. The van der Waals surface area contributed by atoms with Crippen molar-refractivity contribution in [3.05, 3.63) is 40.3 Å². The summed E-state index contributed by atoms with van der Waals surface area (Å²) in [5.41, 5.74) is 4.85. The first-order valence-electron chi connectivity index (χ1n) is 4.93. The summed E-state index contributed by atoms with van der Waals surface area (Å²) in [6.07, 6.45) is -3.39. The highest BCUT2D eigenvalue weighted by atomic mass is 79.9. The summed E-state index contributed by atoms with van der Waals surface area (Å²) in [7, 11) is 0. The molecule has 1 aromatic heterocycles. The lowest BCUT2D eigenvalue weighted by atomic mass is 10.0. The highest BCUT2D eigenvalue weighted by Gasteiger charge is 2.35. The molecule has 7 heteroatoms. The van der Waals surface area contributed by atoms with Crippen LogP contribution in [0.5, 0.6) is 0 Å². The normalized spacial score (nSPS) is 11.8. The van der Waals surface area contributed by atoms with Gasteiger partial charge in [0, 0.05) is 16.6 Å². The van der Waals surface area contributed by atoms with Gasteiger partial charge in [0.2, 0.25) is 0 Å². The fraction of sp³-hybridized carbons (Fsp3) is 0.182. The molecule has 0 aliphatic heterocycles. The van der Waals surface area contributed by atoms with E-state index < -0.39 is 11.7 Å². The van der Waals surface area contributed by atoms with E-state index in [-0.39, 0.29) is 17.9 Å². The molecular formula is C11H8BrF3N2O. The van der Waals surface area contributed by atoms with Crippen molar-refractivity contribution in [2.75, 3.05) is 0 Å². The standard InChI is InChI=1S/C11H8BrF3N2O/c12-6-1-2-7(8(3-6)11(13,14)15)10-9(4-16)17-5-18-10/h1-3,5H,4,16H2. The number of aromatic nitrogens is 1. The van der Waals surface area contributed by atoms with Crippen molar-refractivity contribution in [3.63, 3.8) is 0 Å². The number of alkyl halides is 3. The maximum atomic E-state index is 12.9. The van der Waals surface area contributed by atoms with E-state index in [1.54, 1.807) is 0 Å². The van der Waals surface area contributed by atoms with Crippen molar-refractivity contribution in [1.82, 2.24) is 4.98 Å². The first kappa shape index (κ1) is 13.1. The summed E-state index contributed by atoms with van der Waals surface area (Å²) in [5, 5.41) is 0. The quantitative estimate of drug-likeness (QED) is 0.920. The minimum atomic E-state index is -4.47. The van der Waals surface area contributed by atoms with Crippen LogP contribution in [0.15, 0.2) is 33.5 Å². The second-order valence-corrected chi connectivity index (χ2v) is 4.44. The van der Waals surface area contributed by atoms with Crippen molar-refractivity contribution >= 4 is 15.9 Å². The molecule has 0 fully saturated rings. The number of hydrogen-bond donors (Lipinski definition) is 1. The smallest absolute Gasteiger partial charge is 0.417 e. The van der Waals surface area contributed by atoms with Gasteiger partial charge in [-0.25, -0.2) is 4.98 Å². The maximum absolute atomic E-state index is 12.9. The van der Waals surface area contributed by atoms with Crippen LogP contribution in [0, 0.1) is 0 Å². The minimum absolute atomic E-state index is 0.0131. The SMILES string of the molecule is NCc1ncoc1-c1ccc(Br)cc1C(F)(F)F. The van der Waals surface area contributed by atoms with Gasteiger partial charge in [-0.2, -0.15) is 13.2 Å². The van der Waals surface area contributed by atoms with Crippen LogP contribution in [0.4, 0.5) is 13.2 Å². The largest absolute Gasteiger partial charge is 0.443 e. The summed E-state index contributed by atoms with van der Waals surface area (Å²) < 4.78 is 44.2. The second-order valence-electron chi connectivity index (χ2n) is 3.52. The predicted octanol–water partition coefficient (Wildman–Crippen LogP) is 3.58. The average Bonchev–Trinajstić information content (AvgIpc) is 2.75. The molecular weight excluding hydrogens is 313 g/mol. The Hall–Kier alpha value is -1.34. The summed E-state index contributed by atoms with van der Waals surface area (Å²) in [5.74, 6) is 0.0531. The fourth-order valence-electron chi connectivity index (χ4n) is 1.58. The van der Waals surface area contributed by atoms with Crippen molar-refractivity contribution in [3.8, 4) is 11.3 Å². The predicted molar refractivity (Wildman–Crippen MR) is 62.5 cm³/mol. The van der Waals surface area contributed by atoms with E-state index in [4.69, 9.17) is 10.2 Å². The number of halogens is 4. The number of nitrogens with two attached hydrogens (primary N) is 1. The molecule has 2 aromatic rings. The molecule has 2 rings (SSSR count). The Labute approximate surface area is 109 Å². The van der Waals surface area contributed by atoms with Crippen LogP contribution in [0.2, 0.25) is 0 Å². The van der Waals surface area contributed by atoms with Crippen LogP contribution in [-0.4, -0.2) is 4.98 Å². The van der Waals surface area contributed by atoms with Gasteiger partial charge in [-0.3, -0.25) is 0 Å². The van der Waals surface area contributed by atoms with E-state index in [0.717, 1.165) is 12.5 Å². The zero-order valence-corrected chi connectivity index (χ0v) is 10.5. The molecule has 18 heavy (non-hydrogen) atoms. The molecule has 2 N–H and O–H groups in total. The third-order valence-corrected chi connectivity index (χ3v) is 2.86. The topological polar surface area (TPSA) is 52.0 Å². The van der Waals surface area contributed by atoms with Gasteiger partial charge < -0.3 is 10.2 Å². The molecule has 0 unspecified atom stereocenters. The molecule has 3 nitrogen and oxygen atoms in total. The second kappa shape index (κ2) is 4.74. The first-order chi connectivity index (χ1) is 8.43. The number of nitrogens with zero attached hydrogens (tertiary/aromatic N) is 1. The van der Waals surface area contributed by atoms with Gasteiger partial charge in [0.25, 0.3) is 0 Å². The lowest BCUT2D eigenvalue weighted by molar-refractivity contribution is -0.137. The lowest BCUT2D eigenvalue weighted by Crippen LogP contribution is -2.08. The van der Waals surface area contributed by atoms with Crippen molar-refractivity contribution < 1.29 is 17.6 Å². The van der Waals surface area contributed by atoms with E-state index >= 15 is 0 Å². The van der Waals surface area contributed by atoms with Crippen molar-refractivity contribution in [2.45, 2.75) is 12.7 Å². The van der Waals surface area contributed by atoms with Gasteiger partial charge >= 0.3 is 6.18 Å². The Kier molecular flexibility index (Phi) is 3.45. The average molecular weight is 321 g/mol. The fourth-order valence-corrected chi connectivity index (χ4v) is 1.94. The number of benzene rings is 1. The highest BCUT2D eigenvalue weighted by molar-refractivity contribution is 9.10. The summed E-state index contributed by atoms with van der Waals surface area (Å²) in [4.78, 5) is 3.79. The van der Waals surface area contributed by atoms with Crippen LogP contribution < -0.4 is 5.73 Å². The van der Waals surface area contributed by atoms with Crippen molar-refractivity contribution in [1.29, 1.82) is 0 Å². The number of hydrogen-bond acceptors (Lipinski definition) is 3. The summed E-state index contributed by atoms with van der Waals surface area (Å²) in [6, 6.07) is 3.83.